The van der Waals surface area contributed by atoms with Gasteiger partial charge in [0.1, 0.15) is 6.61 Å². The van der Waals surface area contributed by atoms with Crippen LogP contribution in [0, 0.1) is 0 Å². The van der Waals surface area contributed by atoms with E-state index in [1.807, 2.05) is 6.08 Å². The first-order valence-corrected chi connectivity index (χ1v) is 19.4. The number of carbonyl (C=O) groups excluding carboxylic acids is 2. The molecule has 0 rings (SSSR count). The first-order valence-electron chi connectivity index (χ1n) is 19.4. The van der Waals surface area contributed by atoms with Crippen molar-refractivity contribution in [1.82, 2.24) is 0 Å². The minimum Gasteiger partial charge on any atom is -0.462 e. The molecule has 0 fully saturated rings. The predicted octanol–water partition coefficient (Wildman–Crippen LogP) is 9.67. The van der Waals surface area contributed by atoms with E-state index in [9.17, 15) is 24.9 Å². The molecule has 0 aliphatic carbocycles. The van der Waals surface area contributed by atoms with Crippen LogP contribution >= 0.6 is 0 Å². The summed E-state index contributed by atoms with van der Waals surface area (Å²) in [5, 5.41) is 29.8. The van der Waals surface area contributed by atoms with Crippen LogP contribution in [0.3, 0.4) is 0 Å². The van der Waals surface area contributed by atoms with Crippen LogP contribution in [-0.2, 0) is 19.1 Å². The second kappa shape index (κ2) is 34.9. The third-order valence-electron chi connectivity index (χ3n) is 8.76. The van der Waals surface area contributed by atoms with Crippen molar-refractivity contribution >= 4 is 11.9 Å². The highest BCUT2D eigenvalue weighted by Gasteiger charge is 2.16. The Morgan fingerprint density at radius 3 is 1.54 bits per heavy atom. The zero-order valence-electron chi connectivity index (χ0n) is 30.1. The quantitative estimate of drug-likeness (QED) is 0.0354. The second-order valence-electron chi connectivity index (χ2n) is 13.3. The molecule has 0 aromatic carbocycles. The van der Waals surface area contributed by atoms with Gasteiger partial charge in [-0.1, -0.05) is 154 Å². The van der Waals surface area contributed by atoms with Gasteiger partial charge in [0.25, 0.3) is 0 Å². The van der Waals surface area contributed by atoms with E-state index in [0.29, 0.717) is 25.7 Å². The maximum absolute atomic E-state index is 12.2. The third kappa shape index (κ3) is 31.2. The Kier molecular flexibility index (Phi) is 33.8. The highest BCUT2D eigenvalue weighted by Crippen LogP contribution is 2.15. The Labute approximate surface area is 283 Å². The van der Waals surface area contributed by atoms with Gasteiger partial charge in [-0.25, -0.2) is 0 Å². The van der Waals surface area contributed by atoms with E-state index in [1.54, 1.807) is 0 Å². The van der Waals surface area contributed by atoms with Crippen molar-refractivity contribution < 1.29 is 34.4 Å². The monoisotopic (exact) mass is 655 g/mol. The van der Waals surface area contributed by atoms with E-state index in [0.717, 1.165) is 51.4 Å². The van der Waals surface area contributed by atoms with Gasteiger partial charge in [-0.3, -0.25) is 9.59 Å². The van der Waals surface area contributed by atoms with Gasteiger partial charge in [-0.2, -0.15) is 0 Å². The number of hydrogen-bond donors (Lipinski definition) is 3. The molecule has 0 aliphatic rings. The highest BCUT2D eigenvalue weighted by atomic mass is 16.6. The molecule has 7 heteroatoms. The molecular formula is C39H74O7. The molecule has 0 radical (unpaired) electrons. The van der Waals surface area contributed by atoms with Crippen molar-refractivity contribution in [3.8, 4) is 0 Å². The fourth-order valence-electron chi connectivity index (χ4n) is 5.64. The van der Waals surface area contributed by atoms with Gasteiger partial charge in [-0.15, -0.1) is 0 Å². The summed E-state index contributed by atoms with van der Waals surface area (Å²) < 4.78 is 10.5. The molecule has 7 nitrogen and oxygen atoms in total. The minimum atomic E-state index is -0.814. The summed E-state index contributed by atoms with van der Waals surface area (Å²) in [6, 6.07) is 0. The van der Waals surface area contributed by atoms with Gasteiger partial charge < -0.3 is 24.8 Å². The van der Waals surface area contributed by atoms with Crippen LogP contribution in [0.15, 0.2) is 12.2 Å². The van der Waals surface area contributed by atoms with Crippen molar-refractivity contribution in [2.24, 2.45) is 0 Å². The number of allylic oxidation sites excluding steroid dienone is 1. The van der Waals surface area contributed by atoms with Gasteiger partial charge in [0.2, 0.25) is 0 Å². The van der Waals surface area contributed by atoms with Crippen LogP contribution in [0.4, 0.5) is 0 Å². The smallest absolute Gasteiger partial charge is 0.306 e. The van der Waals surface area contributed by atoms with Crippen LogP contribution < -0.4 is 0 Å². The average molecular weight is 655 g/mol. The second-order valence-corrected chi connectivity index (χ2v) is 13.3. The summed E-state index contributed by atoms with van der Waals surface area (Å²) >= 11 is 0. The molecule has 0 unspecified atom stereocenters. The lowest BCUT2D eigenvalue weighted by Crippen LogP contribution is -2.28. The molecule has 0 aromatic rings. The van der Waals surface area contributed by atoms with E-state index in [2.05, 4.69) is 19.9 Å². The van der Waals surface area contributed by atoms with Crippen molar-refractivity contribution in [2.75, 3.05) is 13.2 Å². The number of ether oxygens (including phenoxy) is 2. The molecule has 46 heavy (non-hydrogen) atoms. The molecule has 0 amide bonds. The summed E-state index contributed by atoms with van der Waals surface area (Å²) in [7, 11) is 0. The first kappa shape index (κ1) is 44.6. The molecule has 0 aromatic heterocycles. The van der Waals surface area contributed by atoms with Gasteiger partial charge in [0.05, 0.1) is 18.8 Å². The minimum absolute atomic E-state index is 0.117. The predicted molar refractivity (Wildman–Crippen MR) is 190 cm³/mol. The van der Waals surface area contributed by atoms with Crippen LogP contribution in [0.2, 0.25) is 0 Å². The molecule has 0 aliphatic heterocycles. The maximum Gasteiger partial charge on any atom is 0.306 e. The number of rotatable bonds is 35. The molecule has 0 spiro atoms. The Morgan fingerprint density at radius 2 is 1.02 bits per heavy atom. The summed E-state index contributed by atoms with van der Waals surface area (Å²) in [5.74, 6) is -0.695. The van der Waals surface area contributed by atoms with Gasteiger partial charge >= 0.3 is 11.9 Å². The molecule has 3 N–H and O–H groups in total. The molecule has 0 saturated heterocycles. The molecule has 0 bridgehead atoms. The normalized spacial score (nSPS) is 13.6. The SMILES string of the molecule is CCCCC/C=C\C[C@@H](O)[C@H](O)CCCCCCCC(=O)OC[C@H](CO)OC(=O)CCCCCCCCCCCCCCCCC. The van der Waals surface area contributed by atoms with Gasteiger partial charge in [-0.05, 0) is 38.5 Å². The zero-order valence-corrected chi connectivity index (χ0v) is 30.1. The summed E-state index contributed by atoms with van der Waals surface area (Å²) in [6.07, 6.45) is 31.5. The Hall–Kier alpha value is -1.44. The van der Waals surface area contributed by atoms with E-state index in [4.69, 9.17) is 9.47 Å². The summed E-state index contributed by atoms with van der Waals surface area (Å²) in [5.41, 5.74) is 0. The van der Waals surface area contributed by atoms with Crippen LogP contribution in [0.1, 0.15) is 194 Å². The fraction of sp³-hybridized carbons (Fsp3) is 0.897. The Bertz CT molecular complexity index is 696. The number of hydrogen-bond acceptors (Lipinski definition) is 7. The first-order chi connectivity index (χ1) is 22.4. The summed E-state index contributed by atoms with van der Waals surface area (Å²) in [6.45, 7) is 3.95. The number of aliphatic hydroxyl groups is 3. The number of unbranched alkanes of at least 4 members (excludes halogenated alkanes) is 21. The van der Waals surface area contributed by atoms with Gasteiger partial charge in [0.15, 0.2) is 6.10 Å². The van der Waals surface area contributed by atoms with E-state index in [1.165, 1.54) is 96.3 Å². The maximum atomic E-state index is 12.2. The lowest BCUT2D eigenvalue weighted by atomic mass is 10.0. The van der Waals surface area contributed by atoms with Crippen LogP contribution in [0.25, 0.3) is 0 Å². The van der Waals surface area contributed by atoms with Crippen molar-refractivity contribution in [3.05, 3.63) is 12.2 Å². The number of aliphatic hydroxyl groups excluding tert-OH is 3. The third-order valence-corrected chi connectivity index (χ3v) is 8.76. The molecule has 0 saturated carbocycles. The van der Waals surface area contributed by atoms with Gasteiger partial charge in [0, 0.05) is 12.8 Å². The largest absolute Gasteiger partial charge is 0.462 e. The molecule has 272 valence electrons. The van der Waals surface area contributed by atoms with Crippen molar-refractivity contribution in [3.63, 3.8) is 0 Å². The zero-order chi connectivity index (χ0) is 33.9. The lowest BCUT2D eigenvalue weighted by Gasteiger charge is -2.16. The van der Waals surface area contributed by atoms with Crippen molar-refractivity contribution in [2.45, 2.75) is 212 Å². The number of esters is 2. The molecule has 0 heterocycles. The molecular weight excluding hydrogens is 580 g/mol. The standard InChI is InChI=1S/C39H74O7/c1-3-5-7-9-11-12-13-14-15-16-17-18-19-23-28-32-39(44)46-35(33-40)34-45-38(43)31-27-24-20-22-26-30-37(42)36(41)29-25-21-10-8-6-4-2/h21,25,35-37,40-42H,3-20,22-24,26-34H2,1-2H3/b25-21-/t35-,36+,37+/m0/s1. The Morgan fingerprint density at radius 1 is 0.565 bits per heavy atom. The topological polar surface area (TPSA) is 113 Å². The van der Waals surface area contributed by atoms with E-state index >= 15 is 0 Å². The number of carbonyl (C=O) groups is 2. The van der Waals surface area contributed by atoms with Crippen molar-refractivity contribution in [1.29, 1.82) is 0 Å². The summed E-state index contributed by atoms with van der Waals surface area (Å²) in [4.78, 5) is 24.2. The highest BCUT2D eigenvalue weighted by molar-refractivity contribution is 5.70. The van der Waals surface area contributed by atoms with Crippen LogP contribution in [-0.4, -0.2) is 58.8 Å². The lowest BCUT2D eigenvalue weighted by molar-refractivity contribution is -0.161. The molecule has 3 atom stereocenters. The fourth-order valence-corrected chi connectivity index (χ4v) is 5.64. The van der Waals surface area contributed by atoms with E-state index < -0.39 is 18.3 Å². The average Bonchev–Trinajstić information content (AvgIpc) is 3.05. The van der Waals surface area contributed by atoms with E-state index in [-0.39, 0.29) is 31.6 Å². The van der Waals surface area contributed by atoms with Crippen LogP contribution in [0.5, 0.6) is 0 Å². The Balaban J connectivity index is 3.66.